The molecule has 1 aliphatic heterocycles. The maximum Gasteiger partial charge on any atom is 0.323 e. The first-order valence-electron chi connectivity index (χ1n) is 6.36. The fraction of sp³-hybridized carbons (Fsp3) is 0.429. The van der Waals surface area contributed by atoms with Gasteiger partial charge in [-0.2, -0.15) is 0 Å². The van der Waals surface area contributed by atoms with Crippen molar-refractivity contribution in [1.82, 2.24) is 9.80 Å². The Morgan fingerprint density at radius 3 is 2.21 bits per heavy atom. The lowest BCUT2D eigenvalue weighted by atomic mass is 10.0. The summed E-state index contributed by atoms with van der Waals surface area (Å²) < 4.78 is 0. The summed E-state index contributed by atoms with van der Waals surface area (Å²) in [6.45, 7) is 1.02. The minimum absolute atomic E-state index is 0.213. The number of amides is 2. The summed E-state index contributed by atoms with van der Waals surface area (Å²) in [7, 11) is 1.52. The number of aliphatic carboxylic acids is 1. The third kappa shape index (κ3) is 3.24. The monoisotopic (exact) mass is 262 g/mol. The maximum absolute atomic E-state index is 12.1. The Hall–Kier alpha value is -2.04. The molecule has 5 nitrogen and oxygen atoms in total. The van der Waals surface area contributed by atoms with Gasteiger partial charge in [-0.3, -0.25) is 4.79 Å². The van der Waals surface area contributed by atoms with Crippen molar-refractivity contribution in [3.05, 3.63) is 35.4 Å². The zero-order valence-corrected chi connectivity index (χ0v) is 11.0. The van der Waals surface area contributed by atoms with Crippen LogP contribution >= 0.6 is 0 Å². The molecule has 1 N–H and O–H groups in total. The fourth-order valence-corrected chi connectivity index (χ4v) is 2.37. The lowest BCUT2D eigenvalue weighted by molar-refractivity contribution is -0.137. The quantitative estimate of drug-likeness (QED) is 0.872. The van der Waals surface area contributed by atoms with Gasteiger partial charge in [-0.05, 0) is 24.0 Å². The molecule has 1 aromatic carbocycles. The van der Waals surface area contributed by atoms with Gasteiger partial charge in [-0.15, -0.1) is 0 Å². The van der Waals surface area contributed by atoms with Crippen LogP contribution in [-0.4, -0.2) is 53.6 Å². The molecule has 102 valence electrons. The van der Waals surface area contributed by atoms with E-state index >= 15 is 0 Å². The first kappa shape index (κ1) is 13.4. The summed E-state index contributed by atoms with van der Waals surface area (Å²) in [6.07, 6.45) is 1.64. The van der Waals surface area contributed by atoms with Crippen LogP contribution in [0.15, 0.2) is 24.3 Å². The van der Waals surface area contributed by atoms with E-state index in [9.17, 15) is 9.59 Å². The lowest BCUT2D eigenvalue weighted by Gasteiger charge is -2.25. The second-order valence-corrected chi connectivity index (χ2v) is 4.79. The maximum atomic E-state index is 12.1. The number of likely N-dealkylation sites (N-methyl/N-ethyl adjacent to an activating group) is 1. The second-order valence-electron chi connectivity index (χ2n) is 4.79. The zero-order valence-electron chi connectivity index (χ0n) is 11.0. The van der Waals surface area contributed by atoms with Crippen LogP contribution in [0.2, 0.25) is 0 Å². The SMILES string of the molecule is CN(CC(=O)O)C(=O)N1CCc2ccccc2CC1. The molecule has 0 saturated carbocycles. The average Bonchev–Trinajstić information content (AvgIpc) is 2.59. The Kier molecular flexibility index (Phi) is 4.04. The Morgan fingerprint density at radius 1 is 1.21 bits per heavy atom. The van der Waals surface area contributed by atoms with Crippen molar-refractivity contribution in [3.8, 4) is 0 Å². The molecule has 1 heterocycles. The Morgan fingerprint density at radius 2 is 1.74 bits per heavy atom. The first-order valence-corrected chi connectivity index (χ1v) is 6.36. The van der Waals surface area contributed by atoms with E-state index in [1.54, 1.807) is 4.90 Å². The fourth-order valence-electron chi connectivity index (χ4n) is 2.37. The van der Waals surface area contributed by atoms with Crippen LogP contribution in [0.4, 0.5) is 4.79 Å². The van der Waals surface area contributed by atoms with Crippen molar-refractivity contribution in [3.63, 3.8) is 0 Å². The smallest absolute Gasteiger partial charge is 0.323 e. The third-order valence-corrected chi connectivity index (χ3v) is 3.39. The standard InChI is InChI=1S/C14H18N2O3/c1-15(10-13(17)18)14(19)16-8-6-11-4-2-3-5-12(11)7-9-16/h2-5H,6-10H2,1H3,(H,17,18). The second kappa shape index (κ2) is 5.73. The van der Waals surface area contributed by atoms with E-state index in [1.165, 1.54) is 23.1 Å². The topological polar surface area (TPSA) is 60.9 Å². The molecular weight excluding hydrogens is 244 g/mol. The molecule has 0 atom stereocenters. The summed E-state index contributed by atoms with van der Waals surface area (Å²) in [5.41, 5.74) is 2.55. The summed E-state index contributed by atoms with van der Waals surface area (Å²) >= 11 is 0. The molecule has 0 spiro atoms. The van der Waals surface area contributed by atoms with E-state index in [-0.39, 0.29) is 12.6 Å². The van der Waals surface area contributed by atoms with Gasteiger partial charge in [0, 0.05) is 20.1 Å². The molecule has 0 aliphatic carbocycles. The number of nitrogens with zero attached hydrogens (tertiary/aromatic N) is 2. The Balaban J connectivity index is 2.01. The Labute approximate surface area is 112 Å². The molecule has 0 fully saturated rings. The molecule has 2 rings (SSSR count). The third-order valence-electron chi connectivity index (χ3n) is 3.39. The molecule has 0 unspecified atom stereocenters. The van der Waals surface area contributed by atoms with Crippen LogP contribution in [0.5, 0.6) is 0 Å². The van der Waals surface area contributed by atoms with Gasteiger partial charge in [0.25, 0.3) is 0 Å². The minimum Gasteiger partial charge on any atom is -0.480 e. The molecular formula is C14H18N2O3. The zero-order chi connectivity index (χ0) is 13.8. The number of carboxylic acids is 1. The highest BCUT2D eigenvalue weighted by atomic mass is 16.4. The summed E-state index contributed by atoms with van der Waals surface area (Å²) in [4.78, 5) is 25.7. The normalized spacial score (nSPS) is 14.5. The van der Waals surface area contributed by atoms with E-state index in [1.807, 2.05) is 12.1 Å². The molecule has 19 heavy (non-hydrogen) atoms. The number of benzene rings is 1. The van der Waals surface area contributed by atoms with Gasteiger partial charge in [0.05, 0.1) is 0 Å². The summed E-state index contributed by atoms with van der Waals surface area (Å²) in [5, 5.41) is 8.72. The molecule has 0 saturated heterocycles. The minimum atomic E-state index is -0.992. The van der Waals surface area contributed by atoms with Crippen molar-refractivity contribution in [1.29, 1.82) is 0 Å². The number of urea groups is 1. The van der Waals surface area contributed by atoms with Crippen LogP contribution in [-0.2, 0) is 17.6 Å². The van der Waals surface area contributed by atoms with Crippen LogP contribution < -0.4 is 0 Å². The van der Waals surface area contributed by atoms with Crippen molar-refractivity contribution in [2.24, 2.45) is 0 Å². The number of fused-ring (bicyclic) bond motifs is 1. The van der Waals surface area contributed by atoms with Gasteiger partial charge in [-0.1, -0.05) is 24.3 Å². The molecule has 5 heteroatoms. The van der Waals surface area contributed by atoms with Crippen LogP contribution in [0.25, 0.3) is 0 Å². The lowest BCUT2D eigenvalue weighted by Crippen LogP contribution is -2.44. The highest BCUT2D eigenvalue weighted by molar-refractivity contribution is 5.80. The molecule has 1 aromatic rings. The number of hydrogen-bond acceptors (Lipinski definition) is 2. The van der Waals surface area contributed by atoms with Gasteiger partial charge in [0.1, 0.15) is 6.54 Å². The largest absolute Gasteiger partial charge is 0.480 e. The van der Waals surface area contributed by atoms with E-state index < -0.39 is 5.97 Å². The highest BCUT2D eigenvalue weighted by Crippen LogP contribution is 2.16. The van der Waals surface area contributed by atoms with Gasteiger partial charge in [0.15, 0.2) is 0 Å². The van der Waals surface area contributed by atoms with Crippen LogP contribution in [0.3, 0.4) is 0 Å². The number of carboxylic acid groups (broad SMARTS) is 1. The van der Waals surface area contributed by atoms with Gasteiger partial charge in [-0.25, -0.2) is 4.79 Å². The van der Waals surface area contributed by atoms with E-state index in [4.69, 9.17) is 5.11 Å². The van der Waals surface area contributed by atoms with Crippen molar-refractivity contribution in [2.75, 3.05) is 26.7 Å². The average molecular weight is 262 g/mol. The van der Waals surface area contributed by atoms with E-state index in [0.29, 0.717) is 13.1 Å². The predicted molar refractivity (Wildman–Crippen MR) is 71.1 cm³/mol. The van der Waals surface area contributed by atoms with E-state index in [0.717, 1.165) is 12.8 Å². The number of hydrogen-bond donors (Lipinski definition) is 1. The molecule has 0 aromatic heterocycles. The van der Waals surface area contributed by atoms with Gasteiger partial charge < -0.3 is 14.9 Å². The number of rotatable bonds is 2. The van der Waals surface area contributed by atoms with Crippen LogP contribution in [0, 0.1) is 0 Å². The Bertz CT molecular complexity index is 460. The summed E-state index contributed by atoms with van der Waals surface area (Å²) in [5.74, 6) is -0.992. The highest BCUT2D eigenvalue weighted by Gasteiger charge is 2.22. The number of carbonyl (C=O) groups is 2. The van der Waals surface area contributed by atoms with Crippen molar-refractivity contribution < 1.29 is 14.7 Å². The van der Waals surface area contributed by atoms with E-state index in [2.05, 4.69) is 12.1 Å². The van der Waals surface area contributed by atoms with Crippen LogP contribution in [0.1, 0.15) is 11.1 Å². The van der Waals surface area contributed by atoms with Gasteiger partial charge >= 0.3 is 12.0 Å². The molecule has 0 bridgehead atoms. The van der Waals surface area contributed by atoms with Crippen molar-refractivity contribution >= 4 is 12.0 Å². The molecule has 0 radical (unpaired) electrons. The van der Waals surface area contributed by atoms with Gasteiger partial charge in [0.2, 0.25) is 0 Å². The summed E-state index contributed by atoms with van der Waals surface area (Å²) in [6, 6.07) is 7.98. The molecule has 2 amide bonds. The first-order chi connectivity index (χ1) is 9.08. The molecule has 1 aliphatic rings. The number of carbonyl (C=O) groups excluding carboxylic acids is 1. The van der Waals surface area contributed by atoms with Crippen molar-refractivity contribution in [2.45, 2.75) is 12.8 Å². The predicted octanol–water partition coefficient (Wildman–Crippen LogP) is 1.22.